The molecule has 1 amide bonds. The lowest BCUT2D eigenvalue weighted by Crippen LogP contribution is -2.24. The van der Waals surface area contributed by atoms with Gasteiger partial charge in [-0.2, -0.15) is 18.4 Å². The van der Waals surface area contributed by atoms with Gasteiger partial charge in [0, 0.05) is 24.7 Å². The number of hydrogen-bond donors (Lipinski definition) is 0. The highest BCUT2D eigenvalue weighted by molar-refractivity contribution is 6.32. The third-order valence-electron chi connectivity index (χ3n) is 3.58. The number of amides is 1. The van der Waals surface area contributed by atoms with E-state index in [2.05, 4.69) is 0 Å². The normalized spacial score (nSPS) is 11.4. The van der Waals surface area contributed by atoms with Crippen molar-refractivity contribution in [1.29, 1.82) is 5.26 Å². The molecule has 0 aliphatic carbocycles. The minimum Gasteiger partial charge on any atom is -0.338 e. The van der Waals surface area contributed by atoms with Gasteiger partial charge in [-0.25, -0.2) is 0 Å². The van der Waals surface area contributed by atoms with Crippen LogP contribution in [0.1, 0.15) is 22.3 Å². The van der Waals surface area contributed by atoms with Gasteiger partial charge in [0.2, 0.25) is 5.91 Å². The summed E-state index contributed by atoms with van der Waals surface area (Å²) in [6.07, 6.45) is -2.07. The Kier molecular flexibility index (Phi) is 6.06. The average Bonchev–Trinajstić information content (AvgIpc) is 2.59. The monoisotopic (exact) mass is 378 g/mol. The first-order valence-corrected chi connectivity index (χ1v) is 7.87. The summed E-state index contributed by atoms with van der Waals surface area (Å²) in [5.74, 6) is -0.402. The smallest absolute Gasteiger partial charge is 0.338 e. The van der Waals surface area contributed by atoms with Crippen molar-refractivity contribution in [3.05, 3.63) is 75.8 Å². The van der Waals surface area contributed by atoms with Crippen molar-refractivity contribution in [3.63, 3.8) is 0 Å². The maximum atomic E-state index is 12.8. The van der Waals surface area contributed by atoms with Gasteiger partial charge >= 0.3 is 6.18 Å². The Morgan fingerprint density at radius 3 is 2.65 bits per heavy atom. The zero-order valence-electron chi connectivity index (χ0n) is 13.7. The highest BCUT2D eigenvalue weighted by atomic mass is 35.5. The fourth-order valence-corrected chi connectivity index (χ4v) is 2.41. The van der Waals surface area contributed by atoms with Gasteiger partial charge in [0.15, 0.2) is 0 Å². The predicted octanol–water partition coefficient (Wildman–Crippen LogP) is 4.90. The van der Waals surface area contributed by atoms with E-state index < -0.39 is 17.6 Å². The summed E-state index contributed by atoms with van der Waals surface area (Å²) in [6, 6.07) is 11.7. The maximum absolute atomic E-state index is 12.8. The molecule has 3 nitrogen and oxygen atoms in total. The van der Waals surface area contributed by atoms with Crippen molar-refractivity contribution in [3.8, 4) is 6.07 Å². The fraction of sp³-hybridized carbons (Fsp3) is 0.158. The number of halogens is 4. The number of nitrogens with zero attached hydrogens (tertiary/aromatic N) is 2. The minimum absolute atomic E-state index is 0.106. The van der Waals surface area contributed by atoms with E-state index in [4.69, 9.17) is 16.9 Å². The third-order valence-corrected chi connectivity index (χ3v) is 3.93. The van der Waals surface area contributed by atoms with Crippen molar-refractivity contribution >= 4 is 23.6 Å². The van der Waals surface area contributed by atoms with E-state index in [1.807, 2.05) is 6.07 Å². The molecule has 0 unspecified atom stereocenters. The van der Waals surface area contributed by atoms with Crippen LogP contribution >= 0.6 is 11.6 Å². The lowest BCUT2D eigenvalue weighted by molar-refractivity contribution is -0.137. The summed E-state index contributed by atoms with van der Waals surface area (Å²) >= 11 is 5.90. The van der Waals surface area contributed by atoms with E-state index >= 15 is 0 Å². The van der Waals surface area contributed by atoms with E-state index in [9.17, 15) is 18.0 Å². The quantitative estimate of drug-likeness (QED) is 0.710. The number of alkyl halides is 3. The molecular weight excluding hydrogens is 365 g/mol. The maximum Gasteiger partial charge on any atom is 0.416 e. The molecule has 0 radical (unpaired) electrons. The molecule has 2 aromatic carbocycles. The van der Waals surface area contributed by atoms with Crippen LogP contribution in [0.15, 0.2) is 48.5 Å². The van der Waals surface area contributed by atoms with Crippen LogP contribution in [0.4, 0.5) is 13.2 Å². The van der Waals surface area contributed by atoms with Crippen molar-refractivity contribution in [2.24, 2.45) is 0 Å². The molecule has 0 N–H and O–H groups in total. The van der Waals surface area contributed by atoms with Crippen LogP contribution in [0.2, 0.25) is 5.02 Å². The molecule has 0 fully saturated rings. The van der Waals surface area contributed by atoms with Crippen LogP contribution < -0.4 is 0 Å². The second-order valence-corrected chi connectivity index (χ2v) is 5.98. The molecule has 0 heterocycles. The molecule has 0 aliphatic heterocycles. The lowest BCUT2D eigenvalue weighted by atomic mass is 10.1. The number of nitriles is 1. The van der Waals surface area contributed by atoms with Gasteiger partial charge in [0.1, 0.15) is 0 Å². The van der Waals surface area contributed by atoms with Gasteiger partial charge in [-0.1, -0.05) is 23.7 Å². The van der Waals surface area contributed by atoms with E-state index in [-0.39, 0.29) is 17.1 Å². The Bertz CT molecular complexity index is 885. The molecule has 26 heavy (non-hydrogen) atoms. The average molecular weight is 379 g/mol. The molecule has 0 atom stereocenters. The number of carbonyl (C=O) groups is 1. The lowest BCUT2D eigenvalue weighted by Gasteiger charge is -2.15. The van der Waals surface area contributed by atoms with Gasteiger partial charge in [-0.3, -0.25) is 4.79 Å². The highest BCUT2D eigenvalue weighted by Gasteiger charge is 2.30. The van der Waals surface area contributed by atoms with Crippen LogP contribution in [0, 0.1) is 11.3 Å². The number of likely N-dealkylation sites (N-methyl/N-ethyl adjacent to an activating group) is 1. The second-order valence-electron chi connectivity index (χ2n) is 5.57. The Morgan fingerprint density at radius 2 is 2.00 bits per heavy atom. The minimum atomic E-state index is -4.49. The van der Waals surface area contributed by atoms with E-state index in [0.717, 1.165) is 29.8 Å². The molecule has 0 saturated heterocycles. The van der Waals surface area contributed by atoms with Crippen LogP contribution in [0.3, 0.4) is 0 Å². The number of benzene rings is 2. The van der Waals surface area contributed by atoms with Crippen LogP contribution in [0.25, 0.3) is 6.08 Å². The summed E-state index contributed by atoms with van der Waals surface area (Å²) < 4.78 is 38.3. The summed E-state index contributed by atoms with van der Waals surface area (Å²) in [6.45, 7) is 0.259. The summed E-state index contributed by atoms with van der Waals surface area (Å²) in [4.78, 5) is 13.6. The van der Waals surface area contributed by atoms with Gasteiger partial charge in [0.05, 0.1) is 17.2 Å². The topological polar surface area (TPSA) is 44.1 Å². The molecule has 134 valence electrons. The van der Waals surface area contributed by atoms with Gasteiger partial charge in [-0.15, -0.1) is 0 Å². The Hall–Kier alpha value is -2.78. The van der Waals surface area contributed by atoms with Crippen molar-refractivity contribution in [2.75, 3.05) is 7.05 Å². The SMILES string of the molecule is CN(Cc1cccc(C#N)c1)C(=O)/C=C/c1cc(C(F)(F)F)ccc1Cl. The summed E-state index contributed by atoms with van der Waals surface area (Å²) in [5.41, 5.74) is 0.519. The largest absolute Gasteiger partial charge is 0.416 e. The number of hydrogen-bond acceptors (Lipinski definition) is 2. The molecule has 7 heteroatoms. The van der Waals surface area contributed by atoms with E-state index in [0.29, 0.717) is 5.56 Å². The zero-order chi connectivity index (χ0) is 19.3. The second kappa shape index (κ2) is 8.07. The van der Waals surface area contributed by atoms with Crippen LogP contribution in [-0.2, 0) is 17.5 Å². The molecule has 0 spiro atoms. The summed E-state index contributed by atoms with van der Waals surface area (Å²) in [5, 5.41) is 9.00. The standard InChI is InChI=1S/C19H14ClF3N2O/c1-25(12-14-4-2-3-13(9-14)11-24)18(26)8-5-15-10-16(19(21,22)23)6-7-17(15)20/h2-10H,12H2,1H3/b8-5+. The highest BCUT2D eigenvalue weighted by Crippen LogP contribution is 2.32. The van der Waals surface area contributed by atoms with Crippen molar-refractivity contribution < 1.29 is 18.0 Å². The molecule has 0 bridgehead atoms. The van der Waals surface area contributed by atoms with Gasteiger partial charge in [0.25, 0.3) is 0 Å². The van der Waals surface area contributed by atoms with E-state index in [1.165, 1.54) is 11.0 Å². The molecular formula is C19H14ClF3N2O. The first kappa shape index (κ1) is 19.5. The van der Waals surface area contributed by atoms with Gasteiger partial charge in [-0.05, 0) is 47.5 Å². The predicted molar refractivity (Wildman–Crippen MR) is 93.1 cm³/mol. The Morgan fingerprint density at radius 1 is 1.27 bits per heavy atom. The van der Waals surface area contributed by atoms with Crippen LogP contribution in [-0.4, -0.2) is 17.9 Å². The fourth-order valence-electron chi connectivity index (χ4n) is 2.23. The van der Waals surface area contributed by atoms with Crippen LogP contribution in [0.5, 0.6) is 0 Å². The Balaban J connectivity index is 2.12. The molecule has 0 aromatic heterocycles. The van der Waals surface area contributed by atoms with E-state index in [1.54, 1.807) is 31.3 Å². The number of carbonyl (C=O) groups excluding carboxylic acids is 1. The first-order chi connectivity index (χ1) is 12.2. The molecule has 0 saturated carbocycles. The number of rotatable bonds is 4. The molecule has 0 aliphatic rings. The van der Waals surface area contributed by atoms with Gasteiger partial charge < -0.3 is 4.90 Å². The first-order valence-electron chi connectivity index (χ1n) is 7.49. The van der Waals surface area contributed by atoms with Crippen molar-refractivity contribution in [2.45, 2.75) is 12.7 Å². The third kappa shape index (κ3) is 5.11. The molecule has 2 rings (SSSR count). The summed E-state index contributed by atoms with van der Waals surface area (Å²) in [7, 11) is 1.56. The molecule has 2 aromatic rings. The zero-order valence-corrected chi connectivity index (χ0v) is 14.5. The Labute approximate surface area is 153 Å². The van der Waals surface area contributed by atoms with Crippen molar-refractivity contribution in [1.82, 2.24) is 4.90 Å².